The van der Waals surface area contributed by atoms with Crippen LogP contribution in [0.15, 0.2) is 54.7 Å². The first-order valence-corrected chi connectivity index (χ1v) is 8.20. The van der Waals surface area contributed by atoms with Crippen molar-refractivity contribution in [1.29, 1.82) is 0 Å². The van der Waals surface area contributed by atoms with Crippen LogP contribution in [0.2, 0.25) is 0 Å². The van der Waals surface area contributed by atoms with Gasteiger partial charge in [0.2, 0.25) is 5.91 Å². The maximum atomic E-state index is 12.2. The molecule has 0 fully saturated rings. The number of aliphatic hydroxyl groups is 1. The van der Waals surface area contributed by atoms with Crippen LogP contribution in [0, 0.1) is 6.92 Å². The zero-order valence-corrected chi connectivity index (χ0v) is 13.8. The predicted molar refractivity (Wildman–Crippen MR) is 95.8 cm³/mol. The number of aromatic amines is 1. The molecule has 0 radical (unpaired) electrons. The van der Waals surface area contributed by atoms with Gasteiger partial charge < -0.3 is 15.4 Å². The molecule has 3 rings (SSSR count). The van der Waals surface area contributed by atoms with Gasteiger partial charge in [-0.1, -0.05) is 42.5 Å². The number of aliphatic hydroxyl groups excluding tert-OH is 1. The first-order valence-electron chi connectivity index (χ1n) is 8.20. The van der Waals surface area contributed by atoms with Crippen molar-refractivity contribution in [3.05, 3.63) is 71.4 Å². The molecule has 0 aliphatic carbocycles. The van der Waals surface area contributed by atoms with E-state index in [2.05, 4.69) is 10.3 Å². The molecular weight excluding hydrogens is 300 g/mol. The van der Waals surface area contributed by atoms with Crippen molar-refractivity contribution >= 4 is 16.8 Å². The number of hydrogen-bond donors (Lipinski definition) is 3. The van der Waals surface area contributed by atoms with Crippen LogP contribution >= 0.6 is 0 Å². The maximum Gasteiger partial charge on any atom is 0.224 e. The van der Waals surface area contributed by atoms with Crippen LogP contribution in [0.4, 0.5) is 0 Å². The molecule has 0 spiro atoms. The van der Waals surface area contributed by atoms with Crippen LogP contribution in [-0.4, -0.2) is 22.5 Å². The van der Waals surface area contributed by atoms with Gasteiger partial charge in [-0.3, -0.25) is 4.79 Å². The summed E-state index contributed by atoms with van der Waals surface area (Å²) < 4.78 is 0. The normalized spacial score (nSPS) is 12.2. The van der Waals surface area contributed by atoms with Crippen molar-refractivity contribution in [2.24, 2.45) is 0 Å². The van der Waals surface area contributed by atoms with Gasteiger partial charge in [0.1, 0.15) is 0 Å². The SMILES string of the molecule is Cc1cccc2[nH]cc(CC(=O)NCCC(O)c3ccccc3)c12. The summed E-state index contributed by atoms with van der Waals surface area (Å²) in [6.07, 6.45) is 2.19. The minimum Gasteiger partial charge on any atom is -0.388 e. The Morgan fingerprint density at radius 3 is 2.75 bits per heavy atom. The molecule has 1 unspecified atom stereocenters. The molecule has 0 bridgehead atoms. The molecule has 1 aromatic heterocycles. The number of benzene rings is 2. The van der Waals surface area contributed by atoms with E-state index < -0.39 is 6.10 Å². The standard InChI is InChI=1S/C20H22N2O2/c1-14-6-5-9-17-20(14)16(13-22-17)12-19(24)21-11-10-18(23)15-7-3-2-4-8-15/h2-9,13,18,22-23H,10-12H2,1H3,(H,21,24). The van der Waals surface area contributed by atoms with Crippen molar-refractivity contribution < 1.29 is 9.90 Å². The molecule has 24 heavy (non-hydrogen) atoms. The Morgan fingerprint density at radius 2 is 1.96 bits per heavy atom. The van der Waals surface area contributed by atoms with Crippen LogP contribution in [0.1, 0.15) is 29.2 Å². The average Bonchev–Trinajstić information content (AvgIpc) is 3.00. The number of carbonyl (C=O) groups is 1. The highest BCUT2D eigenvalue weighted by molar-refractivity contribution is 5.90. The molecule has 1 heterocycles. The largest absolute Gasteiger partial charge is 0.388 e. The third kappa shape index (κ3) is 3.66. The number of H-pyrrole nitrogens is 1. The summed E-state index contributed by atoms with van der Waals surface area (Å²) in [5.74, 6) is -0.0283. The van der Waals surface area contributed by atoms with Crippen LogP contribution in [-0.2, 0) is 11.2 Å². The van der Waals surface area contributed by atoms with Gasteiger partial charge in [0.15, 0.2) is 0 Å². The molecule has 1 atom stereocenters. The van der Waals surface area contributed by atoms with E-state index in [1.165, 1.54) is 0 Å². The van der Waals surface area contributed by atoms with Gasteiger partial charge >= 0.3 is 0 Å². The number of nitrogens with one attached hydrogen (secondary N) is 2. The van der Waals surface area contributed by atoms with Gasteiger partial charge in [-0.15, -0.1) is 0 Å². The summed E-state index contributed by atoms with van der Waals surface area (Å²) in [6, 6.07) is 15.6. The van der Waals surface area contributed by atoms with E-state index in [0.717, 1.165) is 27.6 Å². The van der Waals surface area contributed by atoms with E-state index in [9.17, 15) is 9.90 Å². The fourth-order valence-electron chi connectivity index (χ4n) is 3.02. The Morgan fingerprint density at radius 1 is 1.17 bits per heavy atom. The summed E-state index contributed by atoms with van der Waals surface area (Å²) in [5, 5.41) is 14.1. The number of fused-ring (bicyclic) bond motifs is 1. The molecule has 3 N–H and O–H groups in total. The van der Waals surface area contributed by atoms with Crippen LogP contribution in [0.3, 0.4) is 0 Å². The topological polar surface area (TPSA) is 65.1 Å². The molecule has 3 aromatic rings. The lowest BCUT2D eigenvalue weighted by Crippen LogP contribution is -2.27. The average molecular weight is 322 g/mol. The van der Waals surface area contributed by atoms with Crippen molar-refractivity contribution in [3.8, 4) is 0 Å². The summed E-state index contributed by atoms with van der Waals surface area (Å²) in [7, 11) is 0. The maximum absolute atomic E-state index is 12.2. The molecule has 2 aromatic carbocycles. The van der Waals surface area contributed by atoms with Gasteiger partial charge in [-0.2, -0.15) is 0 Å². The Balaban J connectivity index is 1.54. The summed E-state index contributed by atoms with van der Waals surface area (Å²) in [6.45, 7) is 2.50. The molecule has 0 aliphatic heterocycles. The number of hydrogen-bond acceptors (Lipinski definition) is 2. The van der Waals surface area contributed by atoms with Gasteiger partial charge in [0.05, 0.1) is 12.5 Å². The Labute approximate surface area is 141 Å². The van der Waals surface area contributed by atoms with Crippen LogP contribution in [0.5, 0.6) is 0 Å². The fourth-order valence-corrected chi connectivity index (χ4v) is 3.02. The van der Waals surface area contributed by atoms with E-state index in [-0.39, 0.29) is 5.91 Å². The first-order chi connectivity index (χ1) is 11.6. The zero-order valence-electron chi connectivity index (χ0n) is 13.8. The summed E-state index contributed by atoms with van der Waals surface area (Å²) in [4.78, 5) is 15.4. The van der Waals surface area contributed by atoms with Crippen molar-refractivity contribution in [1.82, 2.24) is 10.3 Å². The minimum atomic E-state index is -0.554. The number of aryl methyl sites for hydroxylation is 1. The van der Waals surface area contributed by atoms with E-state index in [0.29, 0.717) is 19.4 Å². The smallest absolute Gasteiger partial charge is 0.224 e. The van der Waals surface area contributed by atoms with E-state index in [1.54, 1.807) is 0 Å². The Bertz CT molecular complexity index is 824. The lowest BCUT2D eigenvalue weighted by molar-refractivity contribution is -0.120. The highest BCUT2D eigenvalue weighted by atomic mass is 16.3. The molecule has 0 saturated carbocycles. The van der Waals surface area contributed by atoms with Crippen molar-refractivity contribution in [3.63, 3.8) is 0 Å². The lowest BCUT2D eigenvalue weighted by atomic mass is 10.0. The number of aromatic nitrogens is 1. The summed E-state index contributed by atoms with van der Waals surface area (Å²) >= 11 is 0. The fraction of sp³-hybridized carbons (Fsp3) is 0.250. The van der Waals surface area contributed by atoms with E-state index in [4.69, 9.17) is 0 Å². The Kier molecular flexibility index (Phi) is 4.96. The molecule has 4 nitrogen and oxygen atoms in total. The molecule has 4 heteroatoms. The van der Waals surface area contributed by atoms with Gasteiger partial charge in [0.25, 0.3) is 0 Å². The third-order valence-electron chi connectivity index (χ3n) is 4.27. The number of carbonyl (C=O) groups excluding carboxylic acids is 1. The summed E-state index contributed by atoms with van der Waals surface area (Å²) in [5.41, 5.74) is 4.09. The molecule has 1 amide bonds. The van der Waals surface area contributed by atoms with Crippen molar-refractivity contribution in [2.45, 2.75) is 25.9 Å². The minimum absolute atomic E-state index is 0.0283. The quantitative estimate of drug-likeness (QED) is 0.652. The molecule has 124 valence electrons. The van der Waals surface area contributed by atoms with E-state index in [1.807, 2.05) is 61.7 Å². The highest BCUT2D eigenvalue weighted by Crippen LogP contribution is 2.22. The predicted octanol–water partition coefficient (Wildman–Crippen LogP) is 3.26. The molecule has 0 saturated heterocycles. The second-order valence-corrected chi connectivity index (χ2v) is 6.05. The van der Waals surface area contributed by atoms with Crippen LogP contribution < -0.4 is 5.32 Å². The van der Waals surface area contributed by atoms with Gasteiger partial charge in [0, 0.05) is 23.6 Å². The van der Waals surface area contributed by atoms with Gasteiger partial charge in [-0.25, -0.2) is 0 Å². The molecule has 0 aliphatic rings. The lowest BCUT2D eigenvalue weighted by Gasteiger charge is -2.11. The zero-order chi connectivity index (χ0) is 16.9. The second-order valence-electron chi connectivity index (χ2n) is 6.05. The Hall–Kier alpha value is -2.59. The van der Waals surface area contributed by atoms with Gasteiger partial charge in [-0.05, 0) is 36.1 Å². The van der Waals surface area contributed by atoms with Crippen LogP contribution in [0.25, 0.3) is 10.9 Å². The number of rotatable bonds is 6. The first kappa shape index (κ1) is 16.3. The molecular formula is C20H22N2O2. The van der Waals surface area contributed by atoms with Crippen molar-refractivity contribution in [2.75, 3.05) is 6.54 Å². The highest BCUT2D eigenvalue weighted by Gasteiger charge is 2.11. The number of amides is 1. The monoisotopic (exact) mass is 322 g/mol. The van der Waals surface area contributed by atoms with E-state index >= 15 is 0 Å². The second kappa shape index (κ2) is 7.32. The third-order valence-corrected chi connectivity index (χ3v) is 4.27.